The third-order valence-electron chi connectivity index (χ3n) is 5.96. The number of carbonyl (C=O) groups is 4. The van der Waals surface area contributed by atoms with Gasteiger partial charge in [-0.15, -0.1) is 0 Å². The van der Waals surface area contributed by atoms with Crippen molar-refractivity contribution in [1.82, 2.24) is 25.5 Å². The second kappa shape index (κ2) is 15.0. The van der Waals surface area contributed by atoms with Crippen molar-refractivity contribution in [3.63, 3.8) is 0 Å². The molecule has 14 nitrogen and oxygen atoms in total. The van der Waals surface area contributed by atoms with Crippen molar-refractivity contribution in [3.05, 3.63) is 18.2 Å². The van der Waals surface area contributed by atoms with Gasteiger partial charge < -0.3 is 42.8 Å². The Kier molecular flexibility index (Phi) is 12.2. The maximum Gasteiger partial charge on any atom is 0.326 e. The summed E-state index contributed by atoms with van der Waals surface area (Å²) in [5, 5.41) is 14.7. The van der Waals surface area contributed by atoms with Gasteiger partial charge >= 0.3 is 5.97 Å². The van der Waals surface area contributed by atoms with Gasteiger partial charge in [-0.1, -0.05) is 0 Å². The molecule has 0 aromatic carbocycles. The van der Waals surface area contributed by atoms with E-state index in [2.05, 4.69) is 25.6 Å². The molecule has 10 N–H and O–H groups in total. The van der Waals surface area contributed by atoms with Crippen LogP contribution in [0.5, 0.6) is 0 Å². The number of rotatable bonds is 15. The number of carbonyl (C=O) groups excluding carboxylic acids is 3. The van der Waals surface area contributed by atoms with Crippen LogP contribution in [-0.2, 0) is 25.6 Å². The highest BCUT2D eigenvalue weighted by atomic mass is 32.2. The Hall–Kier alpha value is -3.33. The van der Waals surface area contributed by atoms with Gasteiger partial charge in [-0.25, -0.2) is 9.78 Å². The minimum Gasteiger partial charge on any atom is -0.480 e. The third-order valence-corrected chi connectivity index (χ3v) is 6.60. The molecule has 0 saturated carbocycles. The van der Waals surface area contributed by atoms with Crippen LogP contribution in [0.2, 0.25) is 0 Å². The zero-order valence-corrected chi connectivity index (χ0v) is 21.7. The van der Waals surface area contributed by atoms with Crippen LogP contribution < -0.4 is 27.8 Å². The first kappa shape index (κ1) is 29.9. The number of aromatic nitrogens is 2. The second-order valence-electron chi connectivity index (χ2n) is 8.77. The van der Waals surface area contributed by atoms with Crippen LogP contribution in [0.4, 0.5) is 0 Å². The SMILES string of the molecule is CSCCC(NC(=O)C1CCCN1C(=O)C(CCCN=C(N)N)NC(=O)C(N)Cc1cnc[nH]1)C(=O)O. The smallest absolute Gasteiger partial charge is 0.326 e. The third kappa shape index (κ3) is 9.57. The van der Waals surface area contributed by atoms with Gasteiger partial charge in [0.1, 0.15) is 18.1 Å². The molecule has 3 amide bonds. The van der Waals surface area contributed by atoms with Gasteiger partial charge in [0.05, 0.1) is 12.4 Å². The van der Waals surface area contributed by atoms with Crippen molar-refractivity contribution in [2.24, 2.45) is 22.2 Å². The highest BCUT2D eigenvalue weighted by Gasteiger charge is 2.39. The molecule has 0 bridgehead atoms. The Morgan fingerprint density at radius 2 is 2.03 bits per heavy atom. The molecule has 4 unspecified atom stereocenters. The Balaban J connectivity index is 2.11. The number of imidazole rings is 1. The van der Waals surface area contributed by atoms with Gasteiger partial charge in [-0.3, -0.25) is 19.4 Å². The van der Waals surface area contributed by atoms with E-state index in [0.29, 0.717) is 37.3 Å². The number of aromatic amines is 1. The van der Waals surface area contributed by atoms with Crippen molar-refractivity contribution in [2.75, 3.05) is 25.1 Å². The van der Waals surface area contributed by atoms with Gasteiger partial charge in [-0.2, -0.15) is 11.8 Å². The number of nitrogens with zero attached hydrogens (tertiary/aromatic N) is 3. The maximum absolute atomic E-state index is 13.5. The van der Waals surface area contributed by atoms with Gasteiger partial charge in [0.15, 0.2) is 5.96 Å². The maximum atomic E-state index is 13.5. The number of carboxylic acids is 1. The van der Waals surface area contributed by atoms with Gasteiger partial charge in [0.25, 0.3) is 0 Å². The van der Waals surface area contributed by atoms with Crippen LogP contribution in [0, 0.1) is 0 Å². The van der Waals surface area contributed by atoms with E-state index in [9.17, 15) is 24.3 Å². The number of hydrogen-bond donors (Lipinski definition) is 7. The van der Waals surface area contributed by atoms with E-state index in [1.807, 2.05) is 6.26 Å². The number of likely N-dealkylation sites (tertiary alicyclic amines) is 1. The number of aliphatic carboxylic acids is 1. The number of guanidine groups is 1. The van der Waals surface area contributed by atoms with Crippen LogP contribution in [0.1, 0.15) is 37.8 Å². The fourth-order valence-corrected chi connectivity index (χ4v) is 4.50. The summed E-state index contributed by atoms with van der Waals surface area (Å²) in [7, 11) is 0. The average molecular weight is 540 g/mol. The fraction of sp³-hybridized carbons (Fsp3) is 0.636. The van der Waals surface area contributed by atoms with Crippen molar-refractivity contribution in [3.8, 4) is 0 Å². The lowest BCUT2D eigenvalue weighted by molar-refractivity contribution is -0.145. The molecule has 0 aliphatic carbocycles. The molecule has 4 atom stereocenters. The Bertz CT molecular complexity index is 939. The highest BCUT2D eigenvalue weighted by Crippen LogP contribution is 2.20. The molecule has 1 aliphatic rings. The number of H-pyrrole nitrogens is 1. The molecule has 1 fully saturated rings. The number of thioether (sulfide) groups is 1. The van der Waals surface area contributed by atoms with Crippen LogP contribution in [0.25, 0.3) is 0 Å². The Morgan fingerprint density at radius 1 is 1.27 bits per heavy atom. The van der Waals surface area contributed by atoms with Gasteiger partial charge in [0, 0.05) is 31.4 Å². The van der Waals surface area contributed by atoms with Crippen molar-refractivity contribution < 1.29 is 24.3 Å². The molecule has 206 valence electrons. The standard InChI is InChI=1S/C22H37N9O5S/c1-37-9-6-16(21(35)36)30-19(33)17-5-3-8-31(17)20(34)15(4-2-7-27-22(24)25)29-18(32)14(23)10-13-11-26-12-28-13/h11-12,14-17H,2-10,23H2,1H3,(H,26,28)(H,29,32)(H,30,33)(H,35,36)(H4,24,25,27). The summed E-state index contributed by atoms with van der Waals surface area (Å²) in [5.74, 6) is -2.15. The molecule has 0 spiro atoms. The Labute approximate surface area is 219 Å². The van der Waals surface area contributed by atoms with Gasteiger partial charge in [-0.05, 0) is 44.1 Å². The van der Waals surface area contributed by atoms with Crippen molar-refractivity contribution in [1.29, 1.82) is 0 Å². The number of carboxylic acid groups (broad SMARTS) is 1. The summed E-state index contributed by atoms with van der Waals surface area (Å²) in [5.41, 5.74) is 17.4. The highest BCUT2D eigenvalue weighted by molar-refractivity contribution is 7.98. The van der Waals surface area contributed by atoms with Crippen molar-refractivity contribution >= 4 is 41.4 Å². The van der Waals surface area contributed by atoms with E-state index in [-0.39, 0.29) is 31.8 Å². The first-order chi connectivity index (χ1) is 17.6. The lowest BCUT2D eigenvalue weighted by Crippen LogP contribution is -2.57. The largest absolute Gasteiger partial charge is 0.480 e. The molecular formula is C22H37N9O5S. The zero-order chi connectivity index (χ0) is 27.4. The lowest BCUT2D eigenvalue weighted by Gasteiger charge is -2.30. The van der Waals surface area contributed by atoms with E-state index in [4.69, 9.17) is 17.2 Å². The number of hydrogen-bond acceptors (Lipinski definition) is 8. The molecule has 15 heteroatoms. The first-order valence-electron chi connectivity index (χ1n) is 12.0. The van der Waals surface area contributed by atoms with E-state index in [1.54, 1.807) is 6.20 Å². The summed E-state index contributed by atoms with van der Waals surface area (Å²) in [6.07, 6.45) is 6.91. The number of nitrogens with two attached hydrogens (primary N) is 3. The summed E-state index contributed by atoms with van der Waals surface area (Å²) in [6.45, 7) is 0.557. The van der Waals surface area contributed by atoms with Crippen molar-refractivity contribution in [2.45, 2.75) is 62.7 Å². The molecule has 37 heavy (non-hydrogen) atoms. The van der Waals surface area contributed by atoms with E-state index < -0.39 is 47.9 Å². The monoisotopic (exact) mass is 539 g/mol. The van der Waals surface area contributed by atoms with E-state index in [0.717, 1.165) is 0 Å². The fourth-order valence-electron chi connectivity index (χ4n) is 4.03. The second-order valence-corrected chi connectivity index (χ2v) is 9.75. The average Bonchev–Trinajstić information content (AvgIpc) is 3.55. The quantitative estimate of drug-likeness (QED) is 0.0744. The first-order valence-corrected chi connectivity index (χ1v) is 13.4. The van der Waals surface area contributed by atoms with Crippen LogP contribution >= 0.6 is 11.8 Å². The summed E-state index contributed by atoms with van der Waals surface area (Å²) < 4.78 is 0. The Morgan fingerprint density at radius 3 is 2.65 bits per heavy atom. The molecular weight excluding hydrogens is 502 g/mol. The topological polar surface area (TPSA) is 235 Å². The van der Waals surface area contributed by atoms with E-state index >= 15 is 0 Å². The van der Waals surface area contributed by atoms with Crippen LogP contribution in [0.15, 0.2) is 17.5 Å². The molecule has 2 rings (SSSR count). The normalized spacial score (nSPS) is 17.5. The zero-order valence-electron chi connectivity index (χ0n) is 20.9. The van der Waals surface area contributed by atoms with Gasteiger partial charge in [0.2, 0.25) is 17.7 Å². The summed E-state index contributed by atoms with van der Waals surface area (Å²) in [4.78, 5) is 63.0. The minimum atomic E-state index is -1.13. The van der Waals surface area contributed by atoms with Crippen LogP contribution in [-0.4, -0.2) is 98.9 Å². The minimum absolute atomic E-state index is 0.0840. The molecule has 0 radical (unpaired) electrons. The lowest BCUT2D eigenvalue weighted by atomic mass is 10.1. The molecule has 2 heterocycles. The predicted octanol–water partition coefficient (Wildman–Crippen LogP) is -1.87. The summed E-state index contributed by atoms with van der Waals surface area (Å²) >= 11 is 1.48. The molecule has 1 aromatic rings. The summed E-state index contributed by atoms with van der Waals surface area (Å²) in [6, 6.07) is -3.78. The van der Waals surface area contributed by atoms with E-state index in [1.165, 1.54) is 23.0 Å². The number of aliphatic imine (C=N–C) groups is 1. The molecule has 1 aliphatic heterocycles. The predicted molar refractivity (Wildman–Crippen MR) is 139 cm³/mol. The molecule has 1 saturated heterocycles. The molecule has 1 aromatic heterocycles. The number of nitrogens with one attached hydrogen (secondary N) is 3. The van der Waals surface area contributed by atoms with Crippen LogP contribution in [0.3, 0.4) is 0 Å². The number of amides is 3.